The second kappa shape index (κ2) is 2.78. The van der Waals surface area contributed by atoms with Crippen LogP contribution < -0.4 is 5.32 Å². The zero-order valence-corrected chi connectivity index (χ0v) is 10.3. The summed E-state index contributed by atoms with van der Waals surface area (Å²) in [4.78, 5) is 0. The number of ether oxygens (including phenoxy) is 1. The quantitative estimate of drug-likeness (QED) is 0.752. The first-order valence-electron chi connectivity index (χ1n) is 6.30. The highest BCUT2D eigenvalue weighted by Gasteiger charge is 2.61. The van der Waals surface area contributed by atoms with Gasteiger partial charge in [0.1, 0.15) is 0 Å². The predicted octanol–water partition coefficient (Wildman–Crippen LogP) is 2.19. The monoisotopic (exact) mass is 209 g/mol. The molecule has 3 rings (SSSR count). The summed E-state index contributed by atoms with van der Waals surface area (Å²) < 4.78 is 5.81. The molecule has 4 atom stereocenters. The first kappa shape index (κ1) is 10.1. The van der Waals surface area contributed by atoms with Crippen molar-refractivity contribution >= 4 is 0 Å². The van der Waals surface area contributed by atoms with Crippen LogP contribution >= 0.6 is 0 Å². The minimum atomic E-state index is 0.347. The van der Waals surface area contributed by atoms with E-state index in [-0.39, 0.29) is 0 Å². The topological polar surface area (TPSA) is 21.3 Å². The second-order valence-corrected chi connectivity index (χ2v) is 6.95. The molecule has 2 heteroatoms. The van der Waals surface area contributed by atoms with E-state index in [9.17, 15) is 0 Å². The van der Waals surface area contributed by atoms with Gasteiger partial charge in [0.25, 0.3) is 0 Å². The van der Waals surface area contributed by atoms with Crippen molar-refractivity contribution in [3.63, 3.8) is 0 Å². The largest absolute Gasteiger partial charge is 0.377 e. The molecule has 1 saturated heterocycles. The molecule has 3 aliphatic rings. The Kier molecular flexibility index (Phi) is 1.87. The average Bonchev–Trinajstić information content (AvgIpc) is 2.63. The Labute approximate surface area is 92.8 Å². The summed E-state index contributed by atoms with van der Waals surface area (Å²) in [6, 6.07) is 1.44. The molecule has 0 aromatic heterocycles. The highest BCUT2D eigenvalue weighted by atomic mass is 16.5. The Morgan fingerprint density at radius 3 is 2.47 bits per heavy atom. The van der Waals surface area contributed by atoms with Crippen molar-refractivity contribution in [2.24, 2.45) is 16.7 Å². The highest BCUT2D eigenvalue weighted by Crippen LogP contribution is 2.54. The van der Waals surface area contributed by atoms with Crippen molar-refractivity contribution in [1.82, 2.24) is 5.32 Å². The fourth-order valence-electron chi connectivity index (χ4n) is 3.63. The molecule has 2 aliphatic carbocycles. The van der Waals surface area contributed by atoms with Gasteiger partial charge in [-0.2, -0.15) is 0 Å². The Bertz CT molecular complexity index is 284. The predicted molar refractivity (Wildman–Crippen MR) is 60.7 cm³/mol. The van der Waals surface area contributed by atoms with E-state index in [1.165, 1.54) is 12.8 Å². The van der Waals surface area contributed by atoms with Crippen LogP contribution in [-0.2, 0) is 4.74 Å². The van der Waals surface area contributed by atoms with Gasteiger partial charge in [-0.3, -0.25) is 0 Å². The molecule has 0 bridgehead atoms. The van der Waals surface area contributed by atoms with Crippen LogP contribution in [0.25, 0.3) is 0 Å². The molecular formula is C13H23NO. The zero-order chi connectivity index (χ0) is 10.8. The standard InChI is InChI=1S/C13H23NO/c1-12(2)7-9(12)14-10-8-5-6-15-11(8)13(10,3)4/h8-11,14H,5-7H2,1-4H3. The lowest BCUT2D eigenvalue weighted by Crippen LogP contribution is -2.66. The van der Waals surface area contributed by atoms with Crippen molar-refractivity contribution in [1.29, 1.82) is 0 Å². The number of rotatable bonds is 2. The van der Waals surface area contributed by atoms with Crippen LogP contribution in [-0.4, -0.2) is 24.8 Å². The van der Waals surface area contributed by atoms with E-state index in [0.29, 0.717) is 23.0 Å². The van der Waals surface area contributed by atoms with Crippen LogP contribution in [0.5, 0.6) is 0 Å². The molecule has 0 radical (unpaired) electrons. The molecule has 0 aromatic rings. The third-order valence-electron chi connectivity index (χ3n) is 4.99. The number of fused-ring (bicyclic) bond motifs is 1. The second-order valence-electron chi connectivity index (χ2n) is 6.95. The molecule has 2 nitrogen and oxygen atoms in total. The normalized spacial score (nSPS) is 49.6. The summed E-state index contributed by atoms with van der Waals surface area (Å²) in [7, 11) is 0. The molecule has 15 heavy (non-hydrogen) atoms. The zero-order valence-electron chi connectivity index (χ0n) is 10.3. The Morgan fingerprint density at radius 1 is 1.20 bits per heavy atom. The van der Waals surface area contributed by atoms with Gasteiger partial charge in [-0.15, -0.1) is 0 Å². The first-order chi connectivity index (χ1) is 6.93. The molecular weight excluding hydrogens is 186 g/mol. The summed E-state index contributed by atoms with van der Waals surface area (Å²) in [5.41, 5.74) is 0.889. The third kappa shape index (κ3) is 1.31. The van der Waals surface area contributed by atoms with E-state index >= 15 is 0 Å². The fourth-order valence-corrected chi connectivity index (χ4v) is 3.63. The molecule has 1 N–H and O–H groups in total. The summed E-state index contributed by atoms with van der Waals surface area (Å²) >= 11 is 0. The van der Waals surface area contributed by atoms with Gasteiger partial charge in [0.05, 0.1) is 6.10 Å². The van der Waals surface area contributed by atoms with Crippen LogP contribution in [0, 0.1) is 16.7 Å². The molecule has 4 unspecified atom stereocenters. The fraction of sp³-hybridized carbons (Fsp3) is 1.00. The van der Waals surface area contributed by atoms with Crippen molar-refractivity contribution in [2.45, 2.75) is 58.7 Å². The van der Waals surface area contributed by atoms with Gasteiger partial charge in [-0.05, 0) is 18.3 Å². The lowest BCUT2D eigenvalue weighted by molar-refractivity contribution is -0.113. The van der Waals surface area contributed by atoms with Gasteiger partial charge < -0.3 is 10.1 Å². The van der Waals surface area contributed by atoms with E-state index in [1.54, 1.807) is 0 Å². The maximum atomic E-state index is 5.81. The summed E-state index contributed by atoms with van der Waals surface area (Å²) in [6.07, 6.45) is 3.13. The molecule has 0 spiro atoms. The summed E-state index contributed by atoms with van der Waals surface area (Å²) in [5.74, 6) is 0.788. The summed E-state index contributed by atoms with van der Waals surface area (Å²) in [6.45, 7) is 10.4. The SMILES string of the molecule is CC1(C)CC1NC1C2CCOC2C1(C)C. The van der Waals surface area contributed by atoms with Gasteiger partial charge in [-0.1, -0.05) is 27.7 Å². The van der Waals surface area contributed by atoms with Gasteiger partial charge in [0.15, 0.2) is 0 Å². The molecule has 86 valence electrons. The van der Waals surface area contributed by atoms with Crippen molar-refractivity contribution < 1.29 is 4.74 Å². The number of nitrogens with one attached hydrogen (secondary N) is 1. The number of hydrogen-bond acceptors (Lipinski definition) is 2. The minimum Gasteiger partial charge on any atom is -0.377 e. The number of hydrogen-bond donors (Lipinski definition) is 1. The first-order valence-corrected chi connectivity index (χ1v) is 6.30. The van der Waals surface area contributed by atoms with E-state index in [2.05, 4.69) is 33.0 Å². The molecule has 1 heterocycles. The van der Waals surface area contributed by atoms with Crippen LogP contribution in [0.15, 0.2) is 0 Å². The van der Waals surface area contributed by atoms with Gasteiger partial charge in [0.2, 0.25) is 0 Å². The Morgan fingerprint density at radius 2 is 1.87 bits per heavy atom. The average molecular weight is 209 g/mol. The Balaban J connectivity index is 1.67. The lowest BCUT2D eigenvalue weighted by Gasteiger charge is -2.55. The van der Waals surface area contributed by atoms with E-state index in [4.69, 9.17) is 4.74 Å². The van der Waals surface area contributed by atoms with E-state index in [0.717, 1.165) is 18.6 Å². The third-order valence-corrected chi connectivity index (χ3v) is 4.99. The van der Waals surface area contributed by atoms with E-state index in [1.807, 2.05) is 0 Å². The van der Waals surface area contributed by atoms with Crippen LogP contribution in [0.1, 0.15) is 40.5 Å². The highest BCUT2D eigenvalue weighted by molar-refractivity contribution is 5.15. The molecule has 2 saturated carbocycles. The van der Waals surface area contributed by atoms with Crippen LogP contribution in [0.4, 0.5) is 0 Å². The summed E-state index contributed by atoms with van der Waals surface area (Å²) in [5, 5.41) is 3.86. The van der Waals surface area contributed by atoms with E-state index < -0.39 is 0 Å². The van der Waals surface area contributed by atoms with Crippen LogP contribution in [0.2, 0.25) is 0 Å². The smallest absolute Gasteiger partial charge is 0.0685 e. The molecule has 0 aromatic carbocycles. The van der Waals surface area contributed by atoms with Gasteiger partial charge >= 0.3 is 0 Å². The van der Waals surface area contributed by atoms with Crippen molar-refractivity contribution in [3.8, 4) is 0 Å². The Hall–Kier alpha value is -0.0800. The van der Waals surface area contributed by atoms with Crippen molar-refractivity contribution in [2.75, 3.05) is 6.61 Å². The molecule has 3 fully saturated rings. The van der Waals surface area contributed by atoms with Crippen LogP contribution in [0.3, 0.4) is 0 Å². The maximum absolute atomic E-state index is 5.81. The molecule has 0 amide bonds. The van der Waals surface area contributed by atoms with Gasteiger partial charge in [-0.25, -0.2) is 0 Å². The molecule has 1 aliphatic heterocycles. The lowest BCUT2D eigenvalue weighted by atomic mass is 9.57. The maximum Gasteiger partial charge on any atom is 0.0685 e. The minimum absolute atomic E-state index is 0.347. The van der Waals surface area contributed by atoms with Crippen molar-refractivity contribution in [3.05, 3.63) is 0 Å². The van der Waals surface area contributed by atoms with Gasteiger partial charge in [0, 0.05) is 30.0 Å².